The van der Waals surface area contributed by atoms with Crippen molar-refractivity contribution in [1.82, 2.24) is 10.2 Å². The second-order valence-electron chi connectivity index (χ2n) is 6.83. The second-order valence-corrected chi connectivity index (χ2v) is 6.83. The predicted octanol–water partition coefficient (Wildman–Crippen LogP) is 2.02. The van der Waals surface area contributed by atoms with Crippen LogP contribution in [0.4, 0.5) is 0 Å². The first-order valence-corrected chi connectivity index (χ1v) is 6.87. The highest BCUT2D eigenvalue weighted by Gasteiger charge is 2.38. The van der Waals surface area contributed by atoms with Gasteiger partial charge in [-0.15, -0.1) is 0 Å². The van der Waals surface area contributed by atoms with E-state index >= 15 is 0 Å². The van der Waals surface area contributed by atoms with E-state index in [1.165, 1.54) is 12.8 Å². The molecule has 1 heterocycles. The fraction of sp³-hybridized carbons (Fsp3) is 0.929. The minimum absolute atomic E-state index is 0.294. The lowest BCUT2D eigenvalue weighted by Gasteiger charge is -2.33. The number of nitrogens with zero attached hydrogens (tertiary/aromatic N) is 1. The summed E-state index contributed by atoms with van der Waals surface area (Å²) in [6.07, 6.45) is 4.29. The molecule has 0 spiro atoms. The zero-order valence-electron chi connectivity index (χ0n) is 11.6. The number of likely N-dealkylation sites (N-methyl/N-ethyl adjacent to an activating group) is 1. The molecule has 1 saturated heterocycles. The first-order valence-electron chi connectivity index (χ1n) is 6.87. The van der Waals surface area contributed by atoms with Crippen molar-refractivity contribution in [3.05, 3.63) is 0 Å². The van der Waals surface area contributed by atoms with E-state index in [1.54, 1.807) is 0 Å². The van der Waals surface area contributed by atoms with Crippen molar-refractivity contribution in [2.24, 2.45) is 11.3 Å². The number of rotatable bonds is 2. The lowest BCUT2D eigenvalue weighted by atomic mass is 9.91. The fourth-order valence-electron chi connectivity index (χ4n) is 3.57. The van der Waals surface area contributed by atoms with Crippen molar-refractivity contribution in [2.45, 2.75) is 58.5 Å². The van der Waals surface area contributed by atoms with Crippen LogP contribution in [0.15, 0.2) is 0 Å². The van der Waals surface area contributed by atoms with Crippen LogP contribution in [0.2, 0.25) is 0 Å². The quantitative estimate of drug-likeness (QED) is 0.798. The van der Waals surface area contributed by atoms with Gasteiger partial charge in [0.05, 0.1) is 0 Å². The summed E-state index contributed by atoms with van der Waals surface area (Å²) >= 11 is 0. The molecule has 98 valence electrons. The zero-order valence-corrected chi connectivity index (χ0v) is 11.6. The normalized spacial score (nSPS) is 37.5. The number of amides is 1. The van der Waals surface area contributed by atoms with Gasteiger partial charge in [0.1, 0.15) is 0 Å². The number of nitrogens with one attached hydrogen (secondary N) is 1. The lowest BCUT2D eigenvalue weighted by molar-refractivity contribution is -0.132. The summed E-state index contributed by atoms with van der Waals surface area (Å²) in [6, 6.07) is 1.13. The van der Waals surface area contributed by atoms with Crippen molar-refractivity contribution in [3.63, 3.8) is 0 Å². The molecule has 3 atom stereocenters. The summed E-state index contributed by atoms with van der Waals surface area (Å²) in [7, 11) is 1.91. The molecule has 17 heavy (non-hydrogen) atoms. The Morgan fingerprint density at radius 1 is 1.35 bits per heavy atom. The third kappa shape index (κ3) is 3.01. The summed E-state index contributed by atoms with van der Waals surface area (Å²) in [6.45, 7) is 7.95. The first kappa shape index (κ1) is 12.9. The topological polar surface area (TPSA) is 32.3 Å². The molecular weight excluding hydrogens is 212 g/mol. The van der Waals surface area contributed by atoms with Crippen LogP contribution in [-0.4, -0.2) is 36.5 Å². The van der Waals surface area contributed by atoms with Crippen molar-refractivity contribution in [2.75, 3.05) is 13.6 Å². The Bertz CT molecular complexity index is 301. The molecule has 2 aliphatic rings. The smallest absolute Gasteiger partial charge is 0.222 e. The number of piperidine rings is 1. The van der Waals surface area contributed by atoms with Crippen LogP contribution in [0.3, 0.4) is 0 Å². The Hall–Kier alpha value is -0.570. The summed E-state index contributed by atoms with van der Waals surface area (Å²) in [5.41, 5.74) is 0.480. The first-order chi connectivity index (χ1) is 7.87. The predicted molar refractivity (Wildman–Crippen MR) is 69.8 cm³/mol. The van der Waals surface area contributed by atoms with Gasteiger partial charge in [-0.2, -0.15) is 0 Å². The van der Waals surface area contributed by atoms with E-state index < -0.39 is 0 Å². The molecule has 3 nitrogen and oxygen atoms in total. The minimum Gasteiger partial charge on any atom is -0.344 e. The van der Waals surface area contributed by atoms with Crippen LogP contribution in [0.1, 0.15) is 46.5 Å². The maximum atomic E-state index is 11.4. The molecule has 3 heteroatoms. The molecule has 0 radical (unpaired) electrons. The lowest BCUT2D eigenvalue weighted by Crippen LogP contribution is -2.50. The highest BCUT2D eigenvalue weighted by Crippen LogP contribution is 2.41. The molecule has 2 rings (SSSR count). The van der Waals surface area contributed by atoms with Gasteiger partial charge in [-0.05, 0) is 30.6 Å². The summed E-state index contributed by atoms with van der Waals surface area (Å²) in [5, 5.41) is 3.78. The van der Waals surface area contributed by atoms with Crippen LogP contribution in [0.25, 0.3) is 0 Å². The van der Waals surface area contributed by atoms with E-state index in [4.69, 9.17) is 0 Å². The van der Waals surface area contributed by atoms with Gasteiger partial charge in [-0.25, -0.2) is 0 Å². The zero-order chi connectivity index (χ0) is 12.6. The van der Waals surface area contributed by atoms with Crippen LogP contribution < -0.4 is 5.32 Å². The second kappa shape index (κ2) is 4.60. The van der Waals surface area contributed by atoms with Crippen molar-refractivity contribution >= 4 is 5.91 Å². The Balaban J connectivity index is 1.88. The average molecular weight is 238 g/mol. The molecule has 1 aliphatic carbocycles. The molecule has 2 fully saturated rings. The Labute approximate surface area is 105 Å². The number of carbonyl (C=O) groups is 1. The molecule has 0 aromatic heterocycles. The van der Waals surface area contributed by atoms with Crippen molar-refractivity contribution < 1.29 is 4.79 Å². The van der Waals surface area contributed by atoms with Gasteiger partial charge in [0.2, 0.25) is 5.91 Å². The molecular formula is C14H26N2O. The molecule has 0 aromatic carbocycles. The number of hydrogen-bond acceptors (Lipinski definition) is 2. The van der Waals surface area contributed by atoms with E-state index in [0.29, 0.717) is 29.8 Å². The van der Waals surface area contributed by atoms with Gasteiger partial charge in [0.15, 0.2) is 0 Å². The third-order valence-corrected chi connectivity index (χ3v) is 4.41. The summed E-state index contributed by atoms with van der Waals surface area (Å²) in [5.74, 6) is 1.05. The highest BCUT2D eigenvalue weighted by molar-refractivity contribution is 5.76. The van der Waals surface area contributed by atoms with Gasteiger partial charge in [-0.1, -0.05) is 20.8 Å². The molecule has 1 saturated carbocycles. The number of carbonyl (C=O) groups excluding carboxylic acids is 1. The van der Waals surface area contributed by atoms with Crippen LogP contribution in [0.5, 0.6) is 0 Å². The van der Waals surface area contributed by atoms with E-state index in [9.17, 15) is 4.79 Å². The summed E-state index contributed by atoms with van der Waals surface area (Å²) in [4.78, 5) is 13.3. The number of hydrogen-bond donors (Lipinski definition) is 1. The average Bonchev–Trinajstić information content (AvgIpc) is 2.46. The maximum Gasteiger partial charge on any atom is 0.222 e. The molecule has 1 aliphatic heterocycles. The Kier molecular flexibility index (Phi) is 3.48. The number of likely N-dealkylation sites (tertiary alicyclic amines) is 1. The highest BCUT2D eigenvalue weighted by atomic mass is 16.2. The monoisotopic (exact) mass is 238 g/mol. The van der Waals surface area contributed by atoms with Crippen molar-refractivity contribution in [3.8, 4) is 0 Å². The van der Waals surface area contributed by atoms with Gasteiger partial charge >= 0.3 is 0 Å². The van der Waals surface area contributed by atoms with Crippen LogP contribution in [0, 0.1) is 11.3 Å². The van der Waals surface area contributed by atoms with Crippen LogP contribution >= 0.6 is 0 Å². The van der Waals surface area contributed by atoms with Gasteiger partial charge < -0.3 is 10.2 Å². The summed E-state index contributed by atoms with van der Waals surface area (Å²) < 4.78 is 0. The maximum absolute atomic E-state index is 11.4. The molecule has 1 amide bonds. The largest absolute Gasteiger partial charge is 0.344 e. The molecule has 0 bridgehead atoms. The van der Waals surface area contributed by atoms with E-state index in [-0.39, 0.29) is 0 Å². The van der Waals surface area contributed by atoms with Gasteiger partial charge in [-0.3, -0.25) is 4.79 Å². The Morgan fingerprint density at radius 3 is 2.59 bits per heavy atom. The standard InChI is InChI=1S/C14H26N2O/c1-10-7-14(2,3)8-12(10)15-11-5-6-13(17)16(4)9-11/h10-12,15H,5-9H2,1-4H3/t10-,11-,12+/m1/s1. The van der Waals surface area contributed by atoms with Crippen LogP contribution in [-0.2, 0) is 4.79 Å². The SMILES string of the molecule is C[C@@H]1CC(C)(C)C[C@@H]1N[C@@H]1CCC(=O)N(C)C1. The Morgan fingerprint density at radius 2 is 2.06 bits per heavy atom. The van der Waals surface area contributed by atoms with E-state index in [0.717, 1.165) is 18.9 Å². The van der Waals surface area contributed by atoms with Gasteiger partial charge in [0.25, 0.3) is 0 Å². The van der Waals surface area contributed by atoms with Gasteiger partial charge in [0, 0.05) is 32.1 Å². The molecule has 0 aromatic rings. The van der Waals surface area contributed by atoms with Crippen molar-refractivity contribution in [1.29, 1.82) is 0 Å². The van der Waals surface area contributed by atoms with E-state index in [2.05, 4.69) is 26.1 Å². The molecule has 0 unspecified atom stereocenters. The minimum atomic E-state index is 0.294. The third-order valence-electron chi connectivity index (χ3n) is 4.41. The fourth-order valence-corrected chi connectivity index (χ4v) is 3.57. The molecule has 1 N–H and O–H groups in total. The van der Waals surface area contributed by atoms with E-state index in [1.807, 2.05) is 11.9 Å².